The molecule has 1 heterocycles. The van der Waals surface area contributed by atoms with Crippen LogP contribution in [0.2, 0.25) is 0 Å². The molecule has 20 heavy (non-hydrogen) atoms. The molecule has 1 saturated heterocycles. The monoisotopic (exact) mass is 296 g/mol. The average molecular weight is 297 g/mol. The van der Waals surface area contributed by atoms with Crippen LogP contribution < -0.4 is 5.32 Å². The second-order valence-electron chi connectivity index (χ2n) is 4.57. The summed E-state index contributed by atoms with van der Waals surface area (Å²) in [4.78, 5) is 13.9. The Hall–Kier alpha value is -1.36. The highest BCUT2D eigenvalue weighted by atomic mass is 35.5. The minimum Gasteiger partial charge on any atom is -0.443 e. The first-order valence-electron chi connectivity index (χ1n) is 6.64. The molecule has 1 unspecified atom stereocenters. The van der Waals surface area contributed by atoms with Gasteiger partial charge in [0.25, 0.3) is 0 Å². The molecular formula is C15H21ClN2O2. The van der Waals surface area contributed by atoms with Crippen LogP contribution in [-0.2, 0) is 9.53 Å². The van der Waals surface area contributed by atoms with Crippen molar-refractivity contribution in [3.8, 4) is 0 Å². The summed E-state index contributed by atoms with van der Waals surface area (Å²) in [5.74, 6) is -0.296. The number of nitrogens with zero attached hydrogens (tertiary/aromatic N) is 1. The second-order valence-corrected chi connectivity index (χ2v) is 4.57. The van der Waals surface area contributed by atoms with Crippen LogP contribution in [-0.4, -0.2) is 43.3 Å². The zero-order valence-electron chi connectivity index (χ0n) is 11.6. The fraction of sp³-hybridized carbons (Fsp3) is 0.400. The fourth-order valence-electron chi connectivity index (χ4n) is 2.06. The van der Waals surface area contributed by atoms with E-state index in [9.17, 15) is 4.79 Å². The number of halogens is 1. The lowest BCUT2D eigenvalue weighted by Crippen LogP contribution is -2.48. The van der Waals surface area contributed by atoms with Gasteiger partial charge in [-0.25, -0.2) is 4.79 Å². The van der Waals surface area contributed by atoms with Crippen LogP contribution in [0.1, 0.15) is 12.5 Å². The SMILES string of the molecule is CC(OC(=O)/C=C/c1ccccc1)N1CCNCC1.Cl. The maximum atomic E-state index is 11.7. The Morgan fingerprint density at radius 1 is 1.30 bits per heavy atom. The summed E-state index contributed by atoms with van der Waals surface area (Å²) in [7, 11) is 0. The Bertz CT molecular complexity index is 431. The van der Waals surface area contributed by atoms with Crippen molar-refractivity contribution in [2.75, 3.05) is 26.2 Å². The van der Waals surface area contributed by atoms with Crippen LogP contribution in [0, 0.1) is 0 Å². The number of esters is 1. The zero-order valence-corrected chi connectivity index (χ0v) is 12.4. The van der Waals surface area contributed by atoms with Gasteiger partial charge in [0.15, 0.2) is 6.23 Å². The van der Waals surface area contributed by atoms with Crippen LogP contribution in [0.25, 0.3) is 6.08 Å². The molecule has 1 aromatic carbocycles. The van der Waals surface area contributed by atoms with Gasteiger partial charge >= 0.3 is 5.97 Å². The standard InChI is InChI=1S/C15H20N2O2.ClH/c1-13(17-11-9-16-10-12-17)19-15(18)8-7-14-5-3-2-4-6-14;/h2-8,13,16H,9-12H2,1H3;1H/b8-7+;. The van der Waals surface area contributed by atoms with Gasteiger partial charge in [0.05, 0.1) is 0 Å². The first-order valence-corrected chi connectivity index (χ1v) is 6.64. The first-order chi connectivity index (χ1) is 9.25. The molecule has 1 aliphatic rings. The van der Waals surface area contributed by atoms with Crippen LogP contribution in [0.5, 0.6) is 0 Å². The van der Waals surface area contributed by atoms with E-state index in [4.69, 9.17) is 4.74 Å². The Balaban J connectivity index is 0.00000200. The molecule has 0 aliphatic carbocycles. The largest absolute Gasteiger partial charge is 0.443 e. The topological polar surface area (TPSA) is 41.6 Å². The van der Waals surface area contributed by atoms with E-state index in [1.807, 2.05) is 37.3 Å². The summed E-state index contributed by atoms with van der Waals surface area (Å²) in [5, 5.41) is 3.27. The van der Waals surface area contributed by atoms with Crippen molar-refractivity contribution in [1.82, 2.24) is 10.2 Å². The van der Waals surface area contributed by atoms with E-state index >= 15 is 0 Å². The zero-order chi connectivity index (χ0) is 13.5. The van der Waals surface area contributed by atoms with Gasteiger partial charge in [0.2, 0.25) is 0 Å². The molecule has 1 aliphatic heterocycles. The summed E-state index contributed by atoms with van der Waals surface area (Å²) in [6.45, 7) is 5.64. The summed E-state index contributed by atoms with van der Waals surface area (Å²) < 4.78 is 5.38. The third kappa shape index (κ3) is 5.33. The van der Waals surface area contributed by atoms with Gasteiger partial charge in [-0.3, -0.25) is 4.90 Å². The molecular weight excluding hydrogens is 276 g/mol. The Kier molecular flexibility index (Phi) is 7.30. The molecule has 1 atom stereocenters. The fourth-order valence-corrected chi connectivity index (χ4v) is 2.06. The Labute approximate surface area is 126 Å². The predicted molar refractivity (Wildman–Crippen MR) is 82.7 cm³/mol. The normalized spacial score (nSPS) is 17.4. The van der Waals surface area contributed by atoms with Crippen molar-refractivity contribution in [2.45, 2.75) is 13.2 Å². The molecule has 0 aromatic heterocycles. The number of hydrogen-bond acceptors (Lipinski definition) is 4. The Morgan fingerprint density at radius 3 is 2.60 bits per heavy atom. The van der Waals surface area contributed by atoms with Crippen molar-refractivity contribution < 1.29 is 9.53 Å². The summed E-state index contributed by atoms with van der Waals surface area (Å²) >= 11 is 0. The predicted octanol–water partition coefficient (Wildman–Crippen LogP) is 1.92. The van der Waals surface area contributed by atoms with Crippen LogP contribution in [0.15, 0.2) is 36.4 Å². The third-order valence-electron chi connectivity index (χ3n) is 3.16. The number of piperazine rings is 1. The maximum absolute atomic E-state index is 11.7. The van der Waals surface area contributed by atoms with E-state index in [1.165, 1.54) is 6.08 Å². The third-order valence-corrected chi connectivity index (χ3v) is 3.16. The van der Waals surface area contributed by atoms with Gasteiger partial charge in [-0.05, 0) is 18.6 Å². The van der Waals surface area contributed by atoms with Crippen LogP contribution in [0.4, 0.5) is 0 Å². The van der Waals surface area contributed by atoms with E-state index in [2.05, 4.69) is 10.2 Å². The van der Waals surface area contributed by atoms with E-state index in [1.54, 1.807) is 6.08 Å². The van der Waals surface area contributed by atoms with Crippen molar-refractivity contribution in [1.29, 1.82) is 0 Å². The summed E-state index contributed by atoms with van der Waals surface area (Å²) in [6.07, 6.45) is 3.08. The van der Waals surface area contributed by atoms with Crippen molar-refractivity contribution in [3.63, 3.8) is 0 Å². The average Bonchev–Trinajstić information content (AvgIpc) is 2.47. The van der Waals surface area contributed by atoms with Gasteiger partial charge in [0.1, 0.15) is 0 Å². The molecule has 2 rings (SSSR count). The van der Waals surface area contributed by atoms with E-state index in [0.717, 1.165) is 31.7 Å². The van der Waals surface area contributed by atoms with Crippen LogP contribution >= 0.6 is 12.4 Å². The highest BCUT2D eigenvalue weighted by Gasteiger charge is 2.18. The lowest BCUT2D eigenvalue weighted by atomic mass is 10.2. The molecule has 4 nitrogen and oxygen atoms in total. The van der Waals surface area contributed by atoms with Crippen LogP contribution in [0.3, 0.4) is 0 Å². The van der Waals surface area contributed by atoms with Gasteiger partial charge < -0.3 is 10.1 Å². The summed E-state index contributed by atoms with van der Waals surface area (Å²) in [5.41, 5.74) is 0.995. The van der Waals surface area contributed by atoms with E-state index in [-0.39, 0.29) is 24.6 Å². The minimum atomic E-state index is -0.296. The lowest BCUT2D eigenvalue weighted by molar-refractivity contribution is -0.151. The molecule has 0 spiro atoms. The van der Waals surface area contributed by atoms with Crippen molar-refractivity contribution in [2.24, 2.45) is 0 Å². The number of hydrogen-bond donors (Lipinski definition) is 1. The molecule has 5 heteroatoms. The Morgan fingerprint density at radius 2 is 1.95 bits per heavy atom. The molecule has 0 bridgehead atoms. The van der Waals surface area contributed by atoms with Crippen molar-refractivity contribution >= 4 is 24.5 Å². The molecule has 1 fully saturated rings. The number of nitrogens with one attached hydrogen (secondary N) is 1. The molecule has 1 aromatic rings. The number of carbonyl (C=O) groups is 1. The number of benzene rings is 1. The van der Waals surface area contributed by atoms with E-state index < -0.39 is 0 Å². The number of carbonyl (C=O) groups excluding carboxylic acids is 1. The van der Waals surface area contributed by atoms with Gasteiger partial charge in [0, 0.05) is 32.3 Å². The molecule has 1 N–H and O–H groups in total. The molecule has 0 saturated carbocycles. The highest BCUT2D eigenvalue weighted by Crippen LogP contribution is 2.05. The first kappa shape index (κ1) is 16.7. The number of rotatable bonds is 4. The molecule has 0 radical (unpaired) electrons. The quantitative estimate of drug-likeness (QED) is 0.681. The summed E-state index contributed by atoms with van der Waals surface area (Å²) in [6, 6.07) is 9.72. The highest BCUT2D eigenvalue weighted by molar-refractivity contribution is 5.87. The van der Waals surface area contributed by atoms with Gasteiger partial charge in [-0.2, -0.15) is 0 Å². The smallest absolute Gasteiger partial charge is 0.332 e. The van der Waals surface area contributed by atoms with Crippen molar-refractivity contribution in [3.05, 3.63) is 42.0 Å². The molecule has 0 amide bonds. The maximum Gasteiger partial charge on any atom is 0.332 e. The van der Waals surface area contributed by atoms with E-state index in [0.29, 0.717) is 0 Å². The lowest BCUT2D eigenvalue weighted by Gasteiger charge is -2.31. The second kappa shape index (κ2) is 8.74. The van der Waals surface area contributed by atoms with Gasteiger partial charge in [-0.15, -0.1) is 12.4 Å². The number of ether oxygens (including phenoxy) is 1. The minimum absolute atomic E-state index is 0. The van der Waals surface area contributed by atoms with Gasteiger partial charge in [-0.1, -0.05) is 30.3 Å². The molecule has 110 valence electrons.